The first kappa shape index (κ1) is 16.7. The van der Waals surface area contributed by atoms with Crippen LogP contribution in [0.2, 0.25) is 0 Å². The third-order valence-corrected chi connectivity index (χ3v) is 6.14. The predicted molar refractivity (Wildman–Crippen MR) is 95.7 cm³/mol. The number of carbonyl (C=O) groups is 1. The Kier molecular flexibility index (Phi) is 4.86. The van der Waals surface area contributed by atoms with E-state index in [-0.39, 0.29) is 11.6 Å². The highest BCUT2D eigenvalue weighted by Crippen LogP contribution is 2.19. The van der Waals surface area contributed by atoms with Crippen molar-refractivity contribution in [3.8, 4) is 0 Å². The predicted octanol–water partition coefficient (Wildman–Crippen LogP) is 0.606. The monoisotopic (exact) mass is 345 g/mol. The van der Waals surface area contributed by atoms with Gasteiger partial charge in [0.05, 0.1) is 6.04 Å². The van der Waals surface area contributed by atoms with Crippen molar-refractivity contribution < 1.29 is 19.0 Å². The lowest BCUT2D eigenvalue weighted by Gasteiger charge is -2.36. The van der Waals surface area contributed by atoms with Crippen LogP contribution in [-0.4, -0.2) is 49.5 Å². The van der Waals surface area contributed by atoms with Crippen molar-refractivity contribution in [2.75, 3.05) is 32.7 Å². The molecule has 4 nitrogen and oxygen atoms in total. The van der Waals surface area contributed by atoms with Gasteiger partial charge in [-0.1, -0.05) is 6.42 Å². The van der Waals surface area contributed by atoms with Crippen LogP contribution in [0.3, 0.4) is 0 Å². The van der Waals surface area contributed by atoms with E-state index in [0.717, 1.165) is 24.6 Å². The molecule has 2 heterocycles. The number of hydrogen-bond donors (Lipinski definition) is 3. The first-order chi connectivity index (χ1) is 12.2. The molecule has 5 heteroatoms. The summed E-state index contributed by atoms with van der Waals surface area (Å²) >= 11 is 0. The van der Waals surface area contributed by atoms with Gasteiger partial charge in [0.1, 0.15) is 38.5 Å². The summed E-state index contributed by atoms with van der Waals surface area (Å²) in [5.41, 5.74) is 1.45. The summed E-state index contributed by atoms with van der Waals surface area (Å²) in [5, 5.41) is 0.705. The van der Waals surface area contributed by atoms with E-state index >= 15 is 0 Å². The van der Waals surface area contributed by atoms with Crippen LogP contribution in [0.15, 0.2) is 24.4 Å². The minimum absolute atomic E-state index is 0.118. The number of aromatic amines is 1. The Labute approximate surface area is 148 Å². The summed E-state index contributed by atoms with van der Waals surface area (Å²) in [6.45, 7) is 5.00. The maximum absolute atomic E-state index is 13.5. The highest BCUT2D eigenvalue weighted by atomic mass is 19.1. The number of H-pyrrole nitrogens is 1. The van der Waals surface area contributed by atoms with Crippen molar-refractivity contribution in [3.05, 3.63) is 35.8 Å². The maximum atomic E-state index is 13.5. The second-order valence-corrected chi connectivity index (χ2v) is 7.74. The fourth-order valence-corrected chi connectivity index (χ4v) is 4.67. The lowest BCUT2D eigenvalue weighted by Crippen LogP contribution is -3.30. The molecule has 2 fully saturated rings. The molecule has 0 radical (unpaired) electrons. The number of halogens is 1. The second kappa shape index (κ2) is 7.26. The second-order valence-electron chi connectivity index (χ2n) is 7.74. The Hall–Kier alpha value is -1.72. The molecule has 2 aromatic rings. The quantitative estimate of drug-likeness (QED) is 0.698. The number of hydrogen-bond acceptors (Lipinski definition) is 1. The zero-order chi connectivity index (χ0) is 17.2. The summed E-state index contributed by atoms with van der Waals surface area (Å²) in [5.74, 6) is -0.175. The number of nitrogens with one attached hydrogen (secondary N) is 3. The van der Waals surface area contributed by atoms with E-state index < -0.39 is 0 Å². The number of benzene rings is 1. The summed E-state index contributed by atoms with van der Waals surface area (Å²) in [7, 11) is 0. The van der Waals surface area contributed by atoms with Crippen molar-refractivity contribution in [1.82, 2.24) is 4.98 Å². The number of aromatic nitrogens is 1. The van der Waals surface area contributed by atoms with E-state index in [1.807, 2.05) is 0 Å². The highest BCUT2D eigenvalue weighted by molar-refractivity contribution is 6.08. The minimum Gasteiger partial charge on any atom is -0.360 e. The van der Waals surface area contributed by atoms with E-state index in [2.05, 4.69) is 4.98 Å². The number of piperazine rings is 1. The van der Waals surface area contributed by atoms with Crippen molar-refractivity contribution in [1.29, 1.82) is 0 Å². The van der Waals surface area contributed by atoms with Crippen LogP contribution in [0.25, 0.3) is 10.9 Å². The van der Waals surface area contributed by atoms with Gasteiger partial charge in [-0.25, -0.2) is 4.39 Å². The molecule has 1 saturated heterocycles. The number of ketones is 1. The molecule has 25 heavy (non-hydrogen) atoms. The molecule has 1 saturated carbocycles. The van der Waals surface area contributed by atoms with E-state index in [1.165, 1.54) is 62.2 Å². The first-order valence-electron chi connectivity index (χ1n) is 9.68. The minimum atomic E-state index is -0.293. The molecule has 1 aromatic carbocycles. The Bertz CT molecular complexity index is 742. The number of fused-ring (bicyclic) bond motifs is 1. The topological polar surface area (TPSA) is 41.7 Å². The molecular formula is C20H28FN3O+2. The van der Waals surface area contributed by atoms with Gasteiger partial charge >= 0.3 is 0 Å². The van der Waals surface area contributed by atoms with E-state index in [4.69, 9.17) is 0 Å². The zero-order valence-corrected chi connectivity index (χ0v) is 14.7. The number of Topliss-reactive ketones (excluding diaryl/α,β-unsaturated/α-hetero) is 1. The van der Waals surface area contributed by atoms with Crippen LogP contribution in [-0.2, 0) is 0 Å². The van der Waals surface area contributed by atoms with Gasteiger partial charge in [-0.3, -0.25) is 4.79 Å². The smallest absolute Gasteiger partial charge is 0.219 e. The maximum Gasteiger partial charge on any atom is 0.219 e. The standard InChI is InChI=1S/C20H26FN3O/c21-15-6-7-19-17(12-15)18(13-22-19)20(25)14-23-8-10-24(11-9-23)16-4-2-1-3-5-16/h6-7,12-13,16,22H,1-5,8-11,14H2/p+2. The van der Waals surface area contributed by atoms with Gasteiger partial charge in [0.15, 0.2) is 0 Å². The molecule has 1 aliphatic heterocycles. The lowest BCUT2D eigenvalue weighted by atomic mass is 9.94. The van der Waals surface area contributed by atoms with Gasteiger partial charge in [0.25, 0.3) is 0 Å². The third kappa shape index (κ3) is 3.62. The number of quaternary nitrogens is 2. The number of carbonyl (C=O) groups excluding carboxylic acids is 1. The van der Waals surface area contributed by atoms with Crippen LogP contribution < -0.4 is 9.80 Å². The van der Waals surface area contributed by atoms with Crippen molar-refractivity contribution in [3.63, 3.8) is 0 Å². The molecule has 4 rings (SSSR count). The summed E-state index contributed by atoms with van der Waals surface area (Å²) in [6, 6.07) is 5.42. The van der Waals surface area contributed by atoms with Crippen molar-refractivity contribution >= 4 is 16.7 Å². The molecule has 0 atom stereocenters. The fraction of sp³-hybridized carbons (Fsp3) is 0.550. The summed E-state index contributed by atoms with van der Waals surface area (Å²) in [4.78, 5) is 18.9. The lowest BCUT2D eigenvalue weighted by molar-refractivity contribution is -1.02. The van der Waals surface area contributed by atoms with Gasteiger partial charge in [0, 0.05) is 22.7 Å². The van der Waals surface area contributed by atoms with E-state index in [9.17, 15) is 9.18 Å². The molecule has 134 valence electrons. The third-order valence-electron chi connectivity index (χ3n) is 6.14. The molecule has 0 bridgehead atoms. The SMILES string of the molecule is O=C(C[NH+]1CC[NH+](C2CCCCC2)CC1)c1c[nH]c2ccc(F)cc12. The normalized spacial score (nSPS) is 25.3. The highest BCUT2D eigenvalue weighted by Gasteiger charge is 2.31. The first-order valence-corrected chi connectivity index (χ1v) is 9.68. The Balaban J connectivity index is 1.36. The average Bonchev–Trinajstić information content (AvgIpc) is 3.06. The Morgan fingerprint density at radius 3 is 2.64 bits per heavy atom. The van der Waals surface area contributed by atoms with Crippen molar-refractivity contribution in [2.45, 2.75) is 38.1 Å². The molecule has 3 N–H and O–H groups in total. The molecule has 2 aliphatic rings. The molecule has 1 aliphatic carbocycles. The summed E-state index contributed by atoms with van der Waals surface area (Å²) < 4.78 is 13.5. The van der Waals surface area contributed by atoms with Gasteiger partial charge in [0.2, 0.25) is 5.78 Å². The largest absolute Gasteiger partial charge is 0.360 e. The van der Waals surface area contributed by atoms with Crippen LogP contribution in [0.5, 0.6) is 0 Å². The van der Waals surface area contributed by atoms with Gasteiger partial charge in [-0.15, -0.1) is 0 Å². The zero-order valence-electron chi connectivity index (χ0n) is 14.7. The van der Waals surface area contributed by atoms with Gasteiger partial charge < -0.3 is 14.8 Å². The van der Waals surface area contributed by atoms with Crippen LogP contribution in [0.1, 0.15) is 42.5 Å². The Morgan fingerprint density at radius 1 is 1.12 bits per heavy atom. The van der Waals surface area contributed by atoms with E-state index in [0.29, 0.717) is 17.5 Å². The fourth-order valence-electron chi connectivity index (χ4n) is 4.67. The van der Waals surface area contributed by atoms with Crippen LogP contribution in [0.4, 0.5) is 4.39 Å². The molecule has 0 amide bonds. The van der Waals surface area contributed by atoms with Crippen LogP contribution in [0, 0.1) is 5.82 Å². The van der Waals surface area contributed by atoms with Crippen molar-refractivity contribution in [2.24, 2.45) is 0 Å². The number of rotatable bonds is 4. The molecule has 0 spiro atoms. The molecule has 0 unspecified atom stereocenters. The average molecular weight is 345 g/mol. The van der Waals surface area contributed by atoms with Gasteiger partial charge in [-0.05, 0) is 43.9 Å². The van der Waals surface area contributed by atoms with Crippen LogP contribution >= 0.6 is 0 Å². The molecule has 1 aromatic heterocycles. The van der Waals surface area contributed by atoms with Gasteiger partial charge in [-0.2, -0.15) is 0 Å². The summed E-state index contributed by atoms with van der Waals surface area (Å²) in [6.07, 6.45) is 8.67. The molecular weight excluding hydrogens is 317 g/mol. The Morgan fingerprint density at radius 2 is 1.88 bits per heavy atom. The van der Waals surface area contributed by atoms with E-state index in [1.54, 1.807) is 17.2 Å².